The second-order valence-electron chi connectivity index (χ2n) is 2.33. The summed E-state index contributed by atoms with van der Waals surface area (Å²) in [5.74, 6) is 0. The molecule has 0 atom stereocenters. The van der Waals surface area contributed by atoms with Crippen LogP contribution >= 0.6 is 34.2 Å². The number of aromatic amines is 1. The largest absolute Gasteiger partial charge is 0.360 e. The van der Waals surface area contributed by atoms with Gasteiger partial charge < -0.3 is 4.98 Å². The zero-order valence-corrected chi connectivity index (χ0v) is 9.08. The number of hydrogen-bond donors (Lipinski definition) is 1. The van der Waals surface area contributed by atoms with Crippen molar-refractivity contribution in [3.05, 3.63) is 30.2 Å². The van der Waals surface area contributed by atoms with Gasteiger partial charge in [0, 0.05) is 11.4 Å². The minimum atomic E-state index is -0.0824. The summed E-state index contributed by atoms with van der Waals surface area (Å²) in [6.07, 6.45) is 0. The molecule has 0 spiro atoms. The second-order valence-corrected chi connectivity index (χ2v) is 3.79. The van der Waals surface area contributed by atoms with Gasteiger partial charge in [0.2, 0.25) is 5.43 Å². The van der Waals surface area contributed by atoms with Gasteiger partial charge in [0.05, 0.1) is 3.57 Å². The van der Waals surface area contributed by atoms with Crippen molar-refractivity contribution in [3.8, 4) is 0 Å². The van der Waals surface area contributed by atoms with E-state index < -0.39 is 0 Å². The molecule has 1 heterocycles. The topological polar surface area (TPSA) is 32.9 Å². The average molecular weight is 283 g/mol. The number of pyridine rings is 1. The molecule has 2 nitrogen and oxygen atoms in total. The van der Waals surface area contributed by atoms with E-state index >= 15 is 0 Å². The fourth-order valence-electron chi connectivity index (χ4n) is 0.828. The maximum atomic E-state index is 11.3. The minimum absolute atomic E-state index is 0.0824. The number of hydrogen-bond acceptors (Lipinski definition) is 1. The zero-order valence-electron chi connectivity index (χ0n) is 6.16. The molecule has 11 heavy (non-hydrogen) atoms. The molecule has 0 radical (unpaired) electrons. The lowest BCUT2D eigenvalue weighted by Crippen LogP contribution is -2.11. The van der Waals surface area contributed by atoms with Crippen molar-refractivity contribution in [2.75, 3.05) is 0 Å². The molecule has 4 heteroatoms. The average Bonchev–Trinajstić information content (AvgIpc) is 1.97. The first-order valence-electron chi connectivity index (χ1n) is 3.08. The van der Waals surface area contributed by atoms with Gasteiger partial charge in [-0.3, -0.25) is 4.79 Å². The fraction of sp³-hybridized carbons (Fsp3) is 0.286. The van der Waals surface area contributed by atoms with Crippen LogP contribution in [0.3, 0.4) is 0 Å². The number of rotatable bonds is 0. The summed E-state index contributed by atoms with van der Waals surface area (Å²) in [6, 6.07) is 0. The predicted octanol–water partition coefficient (Wildman–Crippen LogP) is 2.25. The van der Waals surface area contributed by atoms with Gasteiger partial charge in [-0.05, 0) is 36.4 Å². The van der Waals surface area contributed by atoms with Crippen LogP contribution in [0.25, 0.3) is 0 Å². The van der Waals surface area contributed by atoms with Crippen LogP contribution in [-0.2, 0) is 0 Å². The molecular formula is C7H7ClINO. The fourth-order valence-corrected chi connectivity index (χ4v) is 1.53. The lowest BCUT2D eigenvalue weighted by molar-refractivity contribution is 1.09. The van der Waals surface area contributed by atoms with Gasteiger partial charge in [0.15, 0.2) is 0 Å². The normalized spacial score (nSPS) is 10.2. The number of nitrogens with one attached hydrogen (secondary N) is 1. The monoisotopic (exact) mass is 283 g/mol. The van der Waals surface area contributed by atoms with Crippen molar-refractivity contribution < 1.29 is 0 Å². The van der Waals surface area contributed by atoms with Crippen LogP contribution in [0.4, 0.5) is 0 Å². The Hall–Kier alpha value is -0.0300. The number of aryl methyl sites for hydroxylation is 2. The Morgan fingerprint density at radius 3 is 2.45 bits per heavy atom. The molecule has 1 N–H and O–H groups in total. The summed E-state index contributed by atoms with van der Waals surface area (Å²) in [6.45, 7) is 3.64. The Bertz CT molecular complexity index is 316. The van der Waals surface area contributed by atoms with E-state index in [1.165, 1.54) is 0 Å². The highest BCUT2D eigenvalue weighted by atomic mass is 127. The van der Waals surface area contributed by atoms with Gasteiger partial charge >= 0.3 is 0 Å². The highest BCUT2D eigenvalue weighted by molar-refractivity contribution is 14.1. The molecule has 0 bridgehead atoms. The summed E-state index contributed by atoms with van der Waals surface area (Å²) in [4.78, 5) is 14.3. The Morgan fingerprint density at radius 2 is 1.91 bits per heavy atom. The van der Waals surface area contributed by atoms with Gasteiger partial charge in [0.25, 0.3) is 0 Å². The highest BCUT2D eigenvalue weighted by Gasteiger charge is 2.06. The molecule has 0 unspecified atom stereocenters. The Labute approximate surface area is 83.1 Å². The summed E-state index contributed by atoms with van der Waals surface area (Å²) in [5, 5.41) is 0.292. The minimum Gasteiger partial charge on any atom is -0.360 e. The van der Waals surface area contributed by atoms with E-state index in [1.54, 1.807) is 6.92 Å². The summed E-state index contributed by atoms with van der Waals surface area (Å²) >= 11 is 7.69. The van der Waals surface area contributed by atoms with E-state index in [0.717, 1.165) is 11.4 Å². The van der Waals surface area contributed by atoms with Crippen LogP contribution in [0.5, 0.6) is 0 Å². The third kappa shape index (κ3) is 1.59. The van der Waals surface area contributed by atoms with E-state index in [9.17, 15) is 4.79 Å². The first kappa shape index (κ1) is 9.06. The molecule has 0 aliphatic heterocycles. The smallest absolute Gasteiger partial charge is 0.213 e. The third-order valence-corrected chi connectivity index (χ3v) is 3.19. The van der Waals surface area contributed by atoms with Gasteiger partial charge in [-0.25, -0.2) is 0 Å². The van der Waals surface area contributed by atoms with Crippen LogP contribution in [0, 0.1) is 17.4 Å². The molecule has 1 rings (SSSR count). The van der Waals surface area contributed by atoms with Crippen LogP contribution in [0.1, 0.15) is 11.4 Å². The van der Waals surface area contributed by atoms with Gasteiger partial charge in [0.1, 0.15) is 5.02 Å². The van der Waals surface area contributed by atoms with E-state index in [0.29, 0.717) is 8.59 Å². The molecule has 0 saturated carbocycles. The maximum absolute atomic E-state index is 11.3. The van der Waals surface area contributed by atoms with Crippen molar-refractivity contribution in [1.82, 2.24) is 4.98 Å². The molecule has 0 aliphatic carbocycles. The first-order valence-corrected chi connectivity index (χ1v) is 4.54. The lowest BCUT2D eigenvalue weighted by Gasteiger charge is -2.01. The molecule has 1 aromatic rings. The lowest BCUT2D eigenvalue weighted by atomic mass is 10.3. The van der Waals surface area contributed by atoms with E-state index in [4.69, 9.17) is 11.6 Å². The number of aromatic nitrogens is 1. The summed E-state index contributed by atoms with van der Waals surface area (Å²) < 4.78 is 0.665. The summed E-state index contributed by atoms with van der Waals surface area (Å²) in [7, 11) is 0. The second kappa shape index (κ2) is 3.15. The van der Waals surface area contributed by atoms with Crippen LogP contribution in [-0.4, -0.2) is 4.98 Å². The molecule has 0 aliphatic rings. The molecule has 60 valence electrons. The zero-order chi connectivity index (χ0) is 8.59. The van der Waals surface area contributed by atoms with Crippen LogP contribution in [0.2, 0.25) is 5.02 Å². The number of H-pyrrole nitrogens is 1. The van der Waals surface area contributed by atoms with Crippen LogP contribution < -0.4 is 5.43 Å². The Morgan fingerprint density at radius 1 is 1.36 bits per heavy atom. The van der Waals surface area contributed by atoms with Crippen molar-refractivity contribution in [2.24, 2.45) is 0 Å². The van der Waals surface area contributed by atoms with Crippen molar-refractivity contribution in [2.45, 2.75) is 13.8 Å². The Balaban J connectivity index is 3.59. The molecule has 1 aromatic heterocycles. The van der Waals surface area contributed by atoms with Crippen LogP contribution in [0.15, 0.2) is 4.79 Å². The van der Waals surface area contributed by atoms with Crippen molar-refractivity contribution >= 4 is 34.2 Å². The predicted molar refractivity (Wildman–Crippen MR) is 54.3 cm³/mol. The van der Waals surface area contributed by atoms with E-state index in [1.807, 2.05) is 29.5 Å². The SMILES string of the molecule is Cc1[nH]c(C)c(I)c(=O)c1Cl. The number of halogens is 2. The standard InChI is InChI=1S/C7H7ClINO/c1-3-5(8)7(11)6(9)4(2)10-3/h1-2H3,(H,10,11). The van der Waals surface area contributed by atoms with Crippen molar-refractivity contribution in [3.63, 3.8) is 0 Å². The van der Waals surface area contributed by atoms with Crippen molar-refractivity contribution in [1.29, 1.82) is 0 Å². The Kier molecular flexibility index (Phi) is 2.59. The van der Waals surface area contributed by atoms with Gasteiger partial charge in [-0.2, -0.15) is 0 Å². The molecule has 0 fully saturated rings. The summed E-state index contributed by atoms with van der Waals surface area (Å²) in [5.41, 5.74) is 1.52. The van der Waals surface area contributed by atoms with E-state index in [-0.39, 0.29) is 5.43 Å². The molecule has 0 saturated heterocycles. The first-order chi connectivity index (χ1) is 5.04. The van der Waals surface area contributed by atoms with Gasteiger partial charge in [-0.15, -0.1) is 0 Å². The quantitative estimate of drug-likeness (QED) is 0.728. The van der Waals surface area contributed by atoms with E-state index in [2.05, 4.69) is 4.98 Å². The molecular weight excluding hydrogens is 276 g/mol. The van der Waals surface area contributed by atoms with Gasteiger partial charge in [-0.1, -0.05) is 11.6 Å². The highest BCUT2D eigenvalue weighted by Crippen LogP contribution is 2.11. The molecule has 0 amide bonds. The molecule has 0 aromatic carbocycles. The maximum Gasteiger partial charge on any atom is 0.213 e. The third-order valence-electron chi connectivity index (χ3n) is 1.43.